The van der Waals surface area contributed by atoms with Crippen LogP contribution in [0, 0.1) is 0 Å². The van der Waals surface area contributed by atoms with Gasteiger partial charge in [0, 0.05) is 10.9 Å². The van der Waals surface area contributed by atoms with Crippen LogP contribution in [0.4, 0.5) is 0 Å². The Kier molecular flexibility index (Phi) is 7.21. The SMILES string of the molecule is CCN(CC)Cc1ccc(C(=O)NNC(=O)c2csc(-c3ccc(OC)cc3)n2)o1. The standard InChI is InChI=1S/C21H24N4O4S/c1-4-25(5-2)12-16-10-11-18(29-16)20(27)24-23-19(26)17-13-30-21(22-17)14-6-8-15(28-3)9-7-14/h6-11,13H,4-5,12H2,1-3H3,(H,23,26)(H,24,27). The fourth-order valence-corrected chi connectivity index (χ4v) is 3.54. The zero-order valence-corrected chi connectivity index (χ0v) is 17.9. The molecule has 2 amide bonds. The van der Waals surface area contributed by atoms with Crippen LogP contribution in [0.5, 0.6) is 5.75 Å². The molecule has 0 aliphatic heterocycles. The van der Waals surface area contributed by atoms with Gasteiger partial charge < -0.3 is 9.15 Å². The van der Waals surface area contributed by atoms with Gasteiger partial charge in [0.2, 0.25) is 0 Å². The van der Waals surface area contributed by atoms with Crippen LogP contribution < -0.4 is 15.6 Å². The topological polar surface area (TPSA) is 96.7 Å². The Morgan fingerprint density at radius 1 is 1.07 bits per heavy atom. The van der Waals surface area contributed by atoms with Crippen molar-refractivity contribution in [3.63, 3.8) is 0 Å². The molecule has 8 nitrogen and oxygen atoms in total. The van der Waals surface area contributed by atoms with E-state index < -0.39 is 11.8 Å². The summed E-state index contributed by atoms with van der Waals surface area (Å²) >= 11 is 1.34. The Hall–Kier alpha value is -3.17. The lowest BCUT2D eigenvalue weighted by molar-refractivity contribution is 0.0827. The summed E-state index contributed by atoms with van der Waals surface area (Å²) in [4.78, 5) is 31.1. The summed E-state index contributed by atoms with van der Waals surface area (Å²) in [7, 11) is 1.60. The molecule has 2 N–H and O–H groups in total. The van der Waals surface area contributed by atoms with E-state index in [0.717, 1.165) is 24.4 Å². The Labute approximate surface area is 178 Å². The normalized spacial score (nSPS) is 10.8. The molecule has 3 rings (SSSR count). The van der Waals surface area contributed by atoms with Crippen LogP contribution in [0.25, 0.3) is 10.6 Å². The number of hydrazine groups is 1. The third-order valence-electron chi connectivity index (χ3n) is 4.52. The molecule has 2 heterocycles. The number of amides is 2. The van der Waals surface area contributed by atoms with E-state index in [9.17, 15) is 9.59 Å². The smallest absolute Gasteiger partial charge is 0.305 e. The van der Waals surface area contributed by atoms with Crippen LogP contribution in [0.15, 0.2) is 46.2 Å². The van der Waals surface area contributed by atoms with Crippen molar-refractivity contribution in [1.82, 2.24) is 20.7 Å². The number of benzene rings is 1. The van der Waals surface area contributed by atoms with Crippen molar-refractivity contribution < 1.29 is 18.7 Å². The first-order valence-electron chi connectivity index (χ1n) is 9.55. The number of methoxy groups -OCH3 is 1. The van der Waals surface area contributed by atoms with Crippen LogP contribution in [-0.2, 0) is 6.54 Å². The zero-order valence-electron chi connectivity index (χ0n) is 17.1. The van der Waals surface area contributed by atoms with E-state index in [1.807, 2.05) is 24.3 Å². The molecule has 1 aromatic carbocycles. The Morgan fingerprint density at radius 2 is 1.77 bits per heavy atom. The van der Waals surface area contributed by atoms with Gasteiger partial charge in [-0.15, -0.1) is 11.3 Å². The highest BCUT2D eigenvalue weighted by atomic mass is 32.1. The van der Waals surface area contributed by atoms with Crippen LogP contribution in [0.2, 0.25) is 0 Å². The highest BCUT2D eigenvalue weighted by molar-refractivity contribution is 7.13. The van der Waals surface area contributed by atoms with Crippen molar-refractivity contribution >= 4 is 23.2 Å². The van der Waals surface area contributed by atoms with Crippen molar-refractivity contribution in [2.24, 2.45) is 0 Å². The molecular weight excluding hydrogens is 404 g/mol. The zero-order chi connectivity index (χ0) is 21.5. The van der Waals surface area contributed by atoms with Crippen LogP contribution >= 0.6 is 11.3 Å². The van der Waals surface area contributed by atoms with Gasteiger partial charge in [0.1, 0.15) is 22.2 Å². The van der Waals surface area contributed by atoms with E-state index in [0.29, 0.717) is 17.3 Å². The van der Waals surface area contributed by atoms with Gasteiger partial charge in [0.25, 0.3) is 5.91 Å². The molecule has 0 atom stereocenters. The van der Waals surface area contributed by atoms with E-state index in [2.05, 4.69) is 34.6 Å². The lowest BCUT2D eigenvalue weighted by Gasteiger charge is -2.15. The van der Waals surface area contributed by atoms with Gasteiger partial charge in [0.05, 0.1) is 13.7 Å². The van der Waals surface area contributed by atoms with Crippen molar-refractivity contribution in [1.29, 1.82) is 0 Å². The number of nitrogens with zero attached hydrogens (tertiary/aromatic N) is 2. The van der Waals surface area contributed by atoms with Crippen molar-refractivity contribution in [2.45, 2.75) is 20.4 Å². The van der Waals surface area contributed by atoms with Crippen LogP contribution in [0.3, 0.4) is 0 Å². The average Bonchev–Trinajstić information content (AvgIpc) is 3.45. The molecule has 0 spiro atoms. The van der Waals surface area contributed by atoms with E-state index in [-0.39, 0.29) is 11.5 Å². The van der Waals surface area contributed by atoms with Gasteiger partial charge in [-0.3, -0.25) is 25.3 Å². The maximum atomic E-state index is 12.3. The molecule has 0 radical (unpaired) electrons. The Balaban J connectivity index is 1.56. The number of aromatic nitrogens is 1. The fourth-order valence-electron chi connectivity index (χ4n) is 2.74. The number of rotatable bonds is 8. The first-order valence-corrected chi connectivity index (χ1v) is 10.4. The highest BCUT2D eigenvalue weighted by Crippen LogP contribution is 2.25. The number of furan rings is 1. The highest BCUT2D eigenvalue weighted by Gasteiger charge is 2.16. The minimum atomic E-state index is -0.528. The second-order valence-corrected chi connectivity index (χ2v) is 7.26. The number of nitrogens with one attached hydrogen (secondary N) is 2. The van der Waals surface area contributed by atoms with Crippen LogP contribution in [0.1, 0.15) is 40.7 Å². The summed E-state index contributed by atoms with van der Waals surface area (Å²) in [5.74, 6) is 0.539. The number of carbonyl (C=O) groups excluding carboxylic acids is 2. The van der Waals surface area contributed by atoms with Gasteiger partial charge in [0.15, 0.2) is 5.76 Å². The van der Waals surface area contributed by atoms with E-state index >= 15 is 0 Å². The summed E-state index contributed by atoms with van der Waals surface area (Å²) in [5, 5.41) is 2.33. The summed E-state index contributed by atoms with van der Waals surface area (Å²) in [6.45, 7) is 6.53. The number of thiazole rings is 1. The summed E-state index contributed by atoms with van der Waals surface area (Å²) < 4.78 is 10.7. The minimum absolute atomic E-state index is 0.134. The maximum Gasteiger partial charge on any atom is 0.305 e. The van der Waals surface area contributed by atoms with Gasteiger partial charge >= 0.3 is 5.91 Å². The third-order valence-corrected chi connectivity index (χ3v) is 5.41. The molecular formula is C21H24N4O4S. The maximum absolute atomic E-state index is 12.3. The quantitative estimate of drug-likeness (QED) is 0.534. The monoisotopic (exact) mass is 428 g/mol. The predicted molar refractivity (Wildman–Crippen MR) is 114 cm³/mol. The fraction of sp³-hybridized carbons (Fsp3) is 0.286. The molecule has 0 aliphatic carbocycles. The van der Waals surface area contributed by atoms with Crippen molar-refractivity contribution in [3.8, 4) is 16.3 Å². The number of carbonyl (C=O) groups is 2. The minimum Gasteiger partial charge on any atom is -0.497 e. The molecule has 0 fully saturated rings. The Bertz CT molecular complexity index is 993. The molecule has 0 unspecified atom stereocenters. The molecule has 3 aromatic rings. The molecule has 2 aromatic heterocycles. The summed E-state index contributed by atoms with van der Waals surface area (Å²) in [5.41, 5.74) is 5.82. The molecule has 0 bridgehead atoms. The first-order chi connectivity index (χ1) is 14.5. The van der Waals surface area contributed by atoms with E-state index in [4.69, 9.17) is 9.15 Å². The van der Waals surface area contributed by atoms with Gasteiger partial charge in [-0.05, 0) is 49.5 Å². The number of ether oxygens (including phenoxy) is 1. The second-order valence-electron chi connectivity index (χ2n) is 6.40. The number of hydrogen-bond acceptors (Lipinski definition) is 7. The molecule has 30 heavy (non-hydrogen) atoms. The lowest BCUT2D eigenvalue weighted by Crippen LogP contribution is -2.41. The van der Waals surface area contributed by atoms with E-state index in [1.165, 1.54) is 11.3 Å². The Morgan fingerprint density at radius 3 is 2.43 bits per heavy atom. The van der Waals surface area contributed by atoms with Gasteiger partial charge in [-0.1, -0.05) is 13.8 Å². The average molecular weight is 429 g/mol. The molecule has 0 saturated carbocycles. The summed E-state index contributed by atoms with van der Waals surface area (Å²) in [6.07, 6.45) is 0. The lowest BCUT2D eigenvalue weighted by atomic mass is 10.2. The van der Waals surface area contributed by atoms with Gasteiger partial charge in [-0.25, -0.2) is 4.98 Å². The molecule has 0 saturated heterocycles. The third kappa shape index (κ3) is 5.25. The van der Waals surface area contributed by atoms with E-state index in [1.54, 1.807) is 24.6 Å². The molecule has 0 aliphatic rings. The second kappa shape index (κ2) is 10.0. The summed E-state index contributed by atoms with van der Waals surface area (Å²) in [6, 6.07) is 10.7. The van der Waals surface area contributed by atoms with Gasteiger partial charge in [-0.2, -0.15) is 0 Å². The first kappa shape index (κ1) is 21.5. The van der Waals surface area contributed by atoms with Crippen molar-refractivity contribution in [2.75, 3.05) is 20.2 Å². The van der Waals surface area contributed by atoms with Crippen LogP contribution in [-0.4, -0.2) is 41.9 Å². The molecule has 158 valence electrons. The number of hydrogen-bond donors (Lipinski definition) is 2. The van der Waals surface area contributed by atoms with Crippen molar-refractivity contribution in [3.05, 3.63) is 59.0 Å². The molecule has 9 heteroatoms. The predicted octanol–water partition coefficient (Wildman–Crippen LogP) is 3.33. The largest absolute Gasteiger partial charge is 0.497 e.